The van der Waals surface area contributed by atoms with Gasteiger partial charge in [-0.2, -0.15) is 4.31 Å². The van der Waals surface area contributed by atoms with E-state index in [0.29, 0.717) is 43.1 Å². The summed E-state index contributed by atoms with van der Waals surface area (Å²) >= 11 is 0. The number of nitrogens with zero attached hydrogens (tertiary/aromatic N) is 1. The molecule has 0 saturated carbocycles. The lowest BCUT2D eigenvalue weighted by Gasteiger charge is -2.26. The minimum atomic E-state index is -3.61. The fraction of sp³-hybridized carbons (Fsp3) is 0.273. The van der Waals surface area contributed by atoms with Crippen LogP contribution in [0.5, 0.6) is 0 Å². The normalized spacial score (nSPS) is 15.1. The van der Waals surface area contributed by atoms with E-state index in [2.05, 4.69) is 10.3 Å². The van der Waals surface area contributed by atoms with Crippen LogP contribution in [0.3, 0.4) is 0 Å². The predicted octanol–water partition coefficient (Wildman–Crippen LogP) is 2.36. The van der Waals surface area contributed by atoms with Gasteiger partial charge in [0, 0.05) is 35.8 Å². The van der Waals surface area contributed by atoms with E-state index in [1.165, 1.54) is 28.6 Å². The van der Waals surface area contributed by atoms with E-state index in [4.69, 9.17) is 4.74 Å². The van der Waals surface area contributed by atoms with Gasteiger partial charge in [0.05, 0.1) is 23.6 Å². The standard InChI is InChI=1S/C22H23N3O5S/c1-2-15-13-21(26)24-20-14-17(5-8-19(15)20)23-22(27)16-3-6-18(7-4-16)31(28,29)25-9-11-30-12-10-25/h3-8,13-14H,2,9-12H2,1H3,(H,23,27)(H,24,26). The van der Waals surface area contributed by atoms with Crippen molar-refractivity contribution in [3.63, 3.8) is 0 Å². The van der Waals surface area contributed by atoms with Gasteiger partial charge in [0.25, 0.3) is 5.91 Å². The lowest BCUT2D eigenvalue weighted by Crippen LogP contribution is -2.40. The Morgan fingerprint density at radius 3 is 2.48 bits per heavy atom. The predicted molar refractivity (Wildman–Crippen MR) is 118 cm³/mol. The van der Waals surface area contributed by atoms with Gasteiger partial charge in [-0.3, -0.25) is 9.59 Å². The van der Waals surface area contributed by atoms with Crippen molar-refractivity contribution in [1.29, 1.82) is 0 Å². The average Bonchev–Trinajstić information content (AvgIpc) is 2.79. The Bertz CT molecular complexity index is 1280. The van der Waals surface area contributed by atoms with Gasteiger partial charge in [-0.15, -0.1) is 0 Å². The van der Waals surface area contributed by atoms with Gasteiger partial charge >= 0.3 is 0 Å². The van der Waals surface area contributed by atoms with Crippen molar-refractivity contribution in [1.82, 2.24) is 9.29 Å². The van der Waals surface area contributed by atoms with Crippen LogP contribution in [0.25, 0.3) is 10.9 Å². The van der Waals surface area contributed by atoms with Gasteiger partial charge < -0.3 is 15.0 Å². The van der Waals surface area contributed by atoms with Crippen molar-refractivity contribution >= 4 is 32.5 Å². The number of carbonyl (C=O) groups excluding carboxylic acids is 1. The minimum absolute atomic E-state index is 0.140. The molecule has 0 radical (unpaired) electrons. The highest BCUT2D eigenvalue weighted by atomic mass is 32.2. The van der Waals surface area contributed by atoms with Crippen LogP contribution in [0.1, 0.15) is 22.8 Å². The third-order valence-corrected chi connectivity index (χ3v) is 7.20. The van der Waals surface area contributed by atoms with E-state index in [1.807, 2.05) is 13.0 Å². The molecule has 0 spiro atoms. The van der Waals surface area contributed by atoms with Crippen molar-refractivity contribution in [2.45, 2.75) is 18.2 Å². The topological polar surface area (TPSA) is 109 Å². The van der Waals surface area contributed by atoms with E-state index in [-0.39, 0.29) is 16.4 Å². The van der Waals surface area contributed by atoms with Crippen LogP contribution in [-0.2, 0) is 21.2 Å². The number of benzene rings is 2. The van der Waals surface area contributed by atoms with Gasteiger partial charge in [-0.25, -0.2) is 8.42 Å². The van der Waals surface area contributed by atoms with Crippen LogP contribution in [0.2, 0.25) is 0 Å². The number of anilines is 1. The second-order valence-electron chi connectivity index (χ2n) is 7.27. The molecule has 1 amide bonds. The van der Waals surface area contributed by atoms with Crippen LogP contribution >= 0.6 is 0 Å². The lowest BCUT2D eigenvalue weighted by molar-refractivity contribution is 0.0730. The molecule has 0 atom stereocenters. The van der Waals surface area contributed by atoms with Gasteiger partial charge in [-0.05, 0) is 48.4 Å². The third-order valence-electron chi connectivity index (χ3n) is 5.29. The number of carbonyl (C=O) groups is 1. The molecule has 8 nitrogen and oxygen atoms in total. The highest BCUT2D eigenvalue weighted by Gasteiger charge is 2.26. The summed E-state index contributed by atoms with van der Waals surface area (Å²) in [4.78, 5) is 27.4. The summed E-state index contributed by atoms with van der Waals surface area (Å²) in [6.07, 6.45) is 0.728. The molecule has 162 valence electrons. The van der Waals surface area contributed by atoms with E-state index in [0.717, 1.165) is 17.4 Å². The van der Waals surface area contributed by atoms with Crippen LogP contribution in [0.4, 0.5) is 5.69 Å². The zero-order chi connectivity index (χ0) is 22.0. The Morgan fingerprint density at radius 1 is 1.10 bits per heavy atom. The second-order valence-corrected chi connectivity index (χ2v) is 9.21. The number of morpholine rings is 1. The van der Waals surface area contributed by atoms with Crippen LogP contribution < -0.4 is 10.9 Å². The number of aromatic nitrogens is 1. The molecule has 0 unspecified atom stereocenters. The maximum atomic E-state index is 12.7. The smallest absolute Gasteiger partial charge is 0.255 e. The van der Waals surface area contributed by atoms with Gasteiger partial charge in [0.1, 0.15) is 0 Å². The van der Waals surface area contributed by atoms with Crippen LogP contribution in [0.15, 0.2) is 58.2 Å². The Kier molecular flexibility index (Phi) is 5.90. The number of aromatic amines is 1. The second kappa shape index (κ2) is 8.62. The molecule has 1 aliphatic heterocycles. The highest BCUT2D eigenvalue weighted by molar-refractivity contribution is 7.89. The SMILES string of the molecule is CCc1cc(=O)[nH]c2cc(NC(=O)c3ccc(S(=O)(=O)N4CCOCC4)cc3)ccc12. The summed E-state index contributed by atoms with van der Waals surface area (Å²) in [5.41, 5.74) is 2.26. The van der Waals surface area contributed by atoms with Crippen molar-refractivity contribution in [3.8, 4) is 0 Å². The molecular formula is C22H23N3O5S. The summed E-state index contributed by atoms with van der Waals surface area (Å²) < 4.78 is 32.0. The molecule has 9 heteroatoms. The average molecular weight is 442 g/mol. The Morgan fingerprint density at radius 2 is 1.81 bits per heavy atom. The first-order chi connectivity index (χ1) is 14.9. The fourth-order valence-corrected chi connectivity index (χ4v) is 5.03. The molecule has 2 aromatic carbocycles. The molecule has 3 aromatic rings. The number of hydrogen-bond donors (Lipinski definition) is 2. The van der Waals surface area contributed by atoms with E-state index in [9.17, 15) is 18.0 Å². The summed E-state index contributed by atoms with van der Waals surface area (Å²) in [7, 11) is -3.61. The first-order valence-corrected chi connectivity index (χ1v) is 11.5. The number of H-pyrrole nitrogens is 1. The summed E-state index contributed by atoms with van der Waals surface area (Å²) in [5, 5.41) is 3.72. The lowest BCUT2D eigenvalue weighted by atomic mass is 10.1. The number of fused-ring (bicyclic) bond motifs is 1. The number of nitrogens with one attached hydrogen (secondary N) is 2. The van der Waals surface area contributed by atoms with Crippen molar-refractivity contribution in [3.05, 3.63) is 70.0 Å². The Labute approximate surface area is 179 Å². The molecule has 1 saturated heterocycles. The largest absolute Gasteiger partial charge is 0.379 e. The molecule has 1 aromatic heterocycles. The number of pyridine rings is 1. The van der Waals surface area contributed by atoms with Crippen LogP contribution in [0, 0.1) is 0 Å². The first-order valence-electron chi connectivity index (χ1n) is 10.0. The minimum Gasteiger partial charge on any atom is -0.379 e. The summed E-state index contributed by atoms with van der Waals surface area (Å²) in [6.45, 7) is 3.35. The monoisotopic (exact) mass is 441 g/mol. The number of ether oxygens (including phenoxy) is 1. The molecule has 0 aliphatic carbocycles. The Balaban J connectivity index is 1.53. The molecular weight excluding hydrogens is 418 g/mol. The molecule has 4 rings (SSSR count). The highest BCUT2D eigenvalue weighted by Crippen LogP contribution is 2.22. The first kappa shape index (κ1) is 21.2. The van der Waals surface area contributed by atoms with Gasteiger partial charge in [-0.1, -0.05) is 13.0 Å². The van der Waals surface area contributed by atoms with E-state index in [1.54, 1.807) is 18.2 Å². The zero-order valence-corrected chi connectivity index (χ0v) is 17.9. The van der Waals surface area contributed by atoms with Crippen molar-refractivity contribution in [2.24, 2.45) is 0 Å². The van der Waals surface area contributed by atoms with Gasteiger partial charge in [0.2, 0.25) is 15.6 Å². The Hall–Kier alpha value is -3.01. The molecule has 31 heavy (non-hydrogen) atoms. The van der Waals surface area contributed by atoms with E-state index >= 15 is 0 Å². The third kappa shape index (κ3) is 4.39. The molecule has 2 heterocycles. The summed E-state index contributed by atoms with van der Waals surface area (Å²) in [6, 6.07) is 12.8. The number of rotatable bonds is 5. The zero-order valence-electron chi connectivity index (χ0n) is 17.1. The molecule has 2 N–H and O–H groups in total. The molecule has 0 bridgehead atoms. The maximum Gasteiger partial charge on any atom is 0.255 e. The van der Waals surface area contributed by atoms with Gasteiger partial charge in [0.15, 0.2) is 0 Å². The molecule has 1 fully saturated rings. The van der Waals surface area contributed by atoms with Crippen molar-refractivity contribution in [2.75, 3.05) is 31.6 Å². The van der Waals surface area contributed by atoms with Crippen LogP contribution in [-0.4, -0.2) is 49.9 Å². The maximum absolute atomic E-state index is 12.7. The van der Waals surface area contributed by atoms with E-state index < -0.39 is 10.0 Å². The van der Waals surface area contributed by atoms with Crippen molar-refractivity contribution < 1.29 is 17.9 Å². The fourth-order valence-electron chi connectivity index (χ4n) is 3.62. The number of aryl methyl sites for hydroxylation is 1. The number of hydrogen-bond acceptors (Lipinski definition) is 5. The summed E-state index contributed by atoms with van der Waals surface area (Å²) in [5.74, 6) is -0.372. The molecule has 1 aliphatic rings. The number of amides is 1. The number of sulfonamides is 1. The quantitative estimate of drug-likeness (QED) is 0.632.